The lowest BCUT2D eigenvalue weighted by Crippen LogP contribution is -2.36. The van der Waals surface area contributed by atoms with Crippen LogP contribution < -0.4 is 4.74 Å². The highest BCUT2D eigenvalue weighted by Gasteiger charge is 2.31. The molecule has 0 N–H and O–H groups in total. The van der Waals surface area contributed by atoms with Gasteiger partial charge in [-0.25, -0.2) is 4.79 Å². The summed E-state index contributed by atoms with van der Waals surface area (Å²) >= 11 is 0. The van der Waals surface area contributed by atoms with E-state index in [1.165, 1.54) is 12.1 Å². The minimum atomic E-state index is -0.579. The molecule has 1 saturated heterocycles. The predicted octanol–water partition coefficient (Wildman–Crippen LogP) is 2.61. The van der Waals surface area contributed by atoms with Gasteiger partial charge in [-0.1, -0.05) is 6.07 Å². The van der Waals surface area contributed by atoms with Crippen LogP contribution in [0.3, 0.4) is 0 Å². The van der Waals surface area contributed by atoms with Crippen LogP contribution in [0.25, 0.3) is 0 Å². The van der Waals surface area contributed by atoms with E-state index in [9.17, 15) is 9.18 Å². The van der Waals surface area contributed by atoms with Crippen molar-refractivity contribution in [2.75, 3.05) is 13.1 Å². The van der Waals surface area contributed by atoms with Crippen molar-refractivity contribution in [3.05, 3.63) is 24.1 Å². The molecule has 1 aliphatic rings. The Kier molecular flexibility index (Phi) is 4.11. The molecular formula is C14H19FN2O3. The fourth-order valence-corrected chi connectivity index (χ4v) is 1.94. The lowest BCUT2D eigenvalue weighted by molar-refractivity contribution is 0.0274. The van der Waals surface area contributed by atoms with Gasteiger partial charge in [0, 0.05) is 19.0 Å². The third-order valence-electron chi connectivity index (χ3n) is 2.77. The number of likely N-dealkylation sites (tertiary alicyclic amines) is 1. The van der Waals surface area contributed by atoms with Crippen LogP contribution in [0.1, 0.15) is 27.2 Å². The first-order valence-electron chi connectivity index (χ1n) is 6.60. The Hall–Kier alpha value is -1.85. The standard InChI is InChI=1S/C14H19FN2O3/c1-14(2,3)20-13(18)17-8-7-10(9-17)19-12-6-4-5-11(15)16-12/h4-6,10H,7-9H2,1-3H3. The summed E-state index contributed by atoms with van der Waals surface area (Å²) in [5, 5.41) is 0. The number of carbonyl (C=O) groups is 1. The van der Waals surface area contributed by atoms with Gasteiger partial charge in [-0.05, 0) is 26.8 Å². The molecule has 2 heterocycles. The van der Waals surface area contributed by atoms with Crippen LogP contribution in [0, 0.1) is 5.95 Å². The molecular weight excluding hydrogens is 263 g/mol. The van der Waals surface area contributed by atoms with Gasteiger partial charge in [-0.2, -0.15) is 9.37 Å². The van der Waals surface area contributed by atoms with Crippen LogP contribution in [0.5, 0.6) is 5.88 Å². The summed E-state index contributed by atoms with van der Waals surface area (Å²) < 4.78 is 23.8. The van der Waals surface area contributed by atoms with E-state index >= 15 is 0 Å². The lowest BCUT2D eigenvalue weighted by Gasteiger charge is -2.24. The molecule has 0 spiro atoms. The van der Waals surface area contributed by atoms with Gasteiger partial charge in [0.2, 0.25) is 11.8 Å². The van der Waals surface area contributed by atoms with Crippen molar-refractivity contribution in [2.45, 2.75) is 38.9 Å². The largest absolute Gasteiger partial charge is 0.472 e. The number of rotatable bonds is 2. The molecule has 1 aromatic heterocycles. The topological polar surface area (TPSA) is 51.7 Å². The number of nitrogens with zero attached hydrogens (tertiary/aromatic N) is 2. The van der Waals surface area contributed by atoms with Crippen molar-refractivity contribution in [2.24, 2.45) is 0 Å². The highest BCUT2D eigenvalue weighted by atomic mass is 19.1. The van der Waals surface area contributed by atoms with Crippen LogP contribution in [0.2, 0.25) is 0 Å². The number of aromatic nitrogens is 1. The number of pyridine rings is 1. The Labute approximate surface area is 117 Å². The minimum Gasteiger partial charge on any atom is -0.472 e. The van der Waals surface area contributed by atoms with Crippen molar-refractivity contribution in [1.29, 1.82) is 0 Å². The fourth-order valence-electron chi connectivity index (χ4n) is 1.94. The number of ether oxygens (including phenoxy) is 2. The van der Waals surface area contributed by atoms with E-state index < -0.39 is 11.5 Å². The highest BCUT2D eigenvalue weighted by molar-refractivity contribution is 5.68. The molecule has 5 nitrogen and oxygen atoms in total. The zero-order chi connectivity index (χ0) is 14.8. The zero-order valence-corrected chi connectivity index (χ0v) is 11.9. The monoisotopic (exact) mass is 282 g/mol. The number of halogens is 1. The Bertz CT molecular complexity index is 488. The van der Waals surface area contributed by atoms with E-state index in [1.807, 2.05) is 20.8 Å². The van der Waals surface area contributed by atoms with Crippen LogP contribution in [-0.4, -0.2) is 40.8 Å². The second-order valence-electron chi connectivity index (χ2n) is 5.75. The van der Waals surface area contributed by atoms with Crippen LogP contribution in [-0.2, 0) is 4.74 Å². The summed E-state index contributed by atoms with van der Waals surface area (Å²) in [5.41, 5.74) is -0.514. The maximum atomic E-state index is 13.0. The van der Waals surface area contributed by atoms with Gasteiger partial charge in [0.25, 0.3) is 0 Å². The summed E-state index contributed by atoms with van der Waals surface area (Å²) in [6.07, 6.45) is 0.143. The number of carbonyl (C=O) groups excluding carboxylic acids is 1. The first kappa shape index (κ1) is 14.6. The molecule has 1 fully saturated rings. The summed E-state index contributed by atoms with van der Waals surface area (Å²) in [5.74, 6) is -0.342. The molecule has 1 amide bonds. The van der Waals surface area contributed by atoms with Crippen molar-refractivity contribution >= 4 is 6.09 Å². The maximum absolute atomic E-state index is 13.0. The fraction of sp³-hybridized carbons (Fsp3) is 0.571. The van der Waals surface area contributed by atoms with E-state index in [0.717, 1.165) is 0 Å². The normalized spacial score (nSPS) is 19.0. The second-order valence-corrected chi connectivity index (χ2v) is 5.75. The van der Waals surface area contributed by atoms with Crippen molar-refractivity contribution < 1.29 is 18.7 Å². The zero-order valence-electron chi connectivity index (χ0n) is 11.9. The van der Waals surface area contributed by atoms with E-state index in [2.05, 4.69) is 4.98 Å². The van der Waals surface area contributed by atoms with Crippen LogP contribution in [0.15, 0.2) is 18.2 Å². The van der Waals surface area contributed by atoms with Gasteiger partial charge in [-0.15, -0.1) is 0 Å². The summed E-state index contributed by atoms with van der Waals surface area (Å²) in [6, 6.07) is 4.39. The molecule has 1 aliphatic heterocycles. The van der Waals surface area contributed by atoms with E-state index in [0.29, 0.717) is 19.5 Å². The molecule has 0 aliphatic carbocycles. The molecule has 1 aromatic rings. The second kappa shape index (κ2) is 5.64. The number of hydrogen-bond acceptors (Lipinski definition) is 4. The molecule has 0 bridgehead atoms. The SMILES string of the molecule is CC(C)(C)OC(=O)N1CCC(Oc2cccc(F)n2)C1. The molecule has 2 rings (SSSR count). The van der Waals surface area contributed by atoms with E-state index in [1.54, 1.807) is 11.0 Å². The molecule has 20 heavy (non-hydrogen) atoms. The number of hydrogen-bond donors (Lipinski definition) is 0. The Morgan fingerprint density at radius 3 is 2.85 bits per heavy atom. The summed E-state index contributed by atoms with van der Waals surface area (Å²) in [4.78, 5) is 17.1. The summed E-state index contributed by atoms with van der Waals surface area (Å²) in [6.45, 7) is 6.46. The third-order valence-corrected chi connectivity index (χ3v) is 2.77. The molecule has 110 valence electrons. The van der Waals surface area contributed by atoms with Gasteiger partial charge < -0.3 is 14.4 Å². The smallest absolute Gasteiger partial charge is 0.410 e. The van der Waals surface area contributed by atoms with Crippen molar-refractivity contribution in [1.82, 2.24) is 9.88 Å². The Morgan fingerprint density at radius 1 is 1.45 bits per heavy atom. The average Bonchev–Trinajstić information content (AvgIpc) is 2.75. The maximum Gasteiger partial charge on any atom is 0.410 e. The molecule has 0 saturated carbocycles. The predicted molar refractivity (Wildman–Crippen MR) is 71.0 cm³/mol. The highest BCUT2D eigenvalue weighted by Crippen LogP contribution is 2.19. The molecule has 0 radical (unpaired) electrons. The van der Waals surface area contributed by atoms with Crippen molar-refractivity contribution in [3.63, 3.8) is 0 Å². The first-order valence-corrected chi connectivity index (χ1v) is 6.60. The molecule has 0 aromatic carbocycles. The van der Waals surface area contributed by atoms with Crippen LogP contribution >= 0.6 is 0 Å². The van der Waals surface area contributed by atoms with Gasteiger partial charge in [0.15, 0.2) is 0 Å². The van der Waals surface area contributed by atoms with Crippen molar-refractivity contribution in [3.8, 4) is 5.88 Å². The Morgan fingerprint density at radius 2 is 2.20 bits per heavy atom. The van der Waals surface area contributed by atoms with E-state index in [-0.39, 0.29) is 18.1 Å². The lowest BCUT2D eigenvalue weighted by atomic mass is 10.2. The van der Waals surface area contributed by atoms with Gasteiger partial charge >= 0.3 is 6.09 Å². The molecule has 6 heteroatoms. The summed E-state index contributed by atoms with van der Waals surface area (Å²) in [7, 11) is 0. The first-order chi connectivity index (χ1) is 9.33. The van der Waals surface area contributed by atoms with Gasteiger partial charge in [0.1, 0.15) is 11.7 Å². The molecule has 1 atom stereocenters. The Balaban J connectivity index is 1.88. The average molecular weight is 282 g/mol. The molecule has 1 unspecified atom stereocenters. The van der Waals surface area contributed by atoms with Crippen LogP contribution in [0.4, 0.5) is 9.18 Å². The van der Waals surface area contributed by atoms with Gasteiger partial charge in [-0.3, -0.25) is 0 Å². The third kappa shape index (κ3) is 4.08. The van der Waals surface area contributed by atoms with E-state index in [4.69, 9.17) is 9.47 Å². The minimum absolute atomic E-state index is 0.184. The quantitative estimate of drug-likeness (QED) is 0.782. The van der Waals surface area contributed by atoms with Gasteiger partial charge in [0.05, 0.1) is 6.54 Å². The number of amides is 1.